The van der Waals surface area contributed by atoms with E-state index in [0.29, 0.717) is 18.4 Å². The summed E-state index contributed by atoms with van der Waals surface area (Å²) in [7, 11) is -1.18. The van der Waals surface area contributed by atoms with Crippen LogP contribution in [0.15, 0.2) is 47.8 Å². The van der Waals surface area contributed by atoms with E-state index >= 15 is 0 Å². The summed E-state index contributed by atoms with van der Waals surface area (Å²) < 4.78 is 17.3. The Morgan fingerprint density at radius 3 is 2.91 bits per heavy atom. The number of benzene rings is 1. The van der Waals surface area contributed by atoms with Gasteiger partial charge >= 0.3 is 0 Å². The molecule has 1 aliphatic heterocycles. The van der Waals surface area contributed by atoms with Crippen molar-refractivity contribution in [3.8, 4) is 0 Å². The van der Waals surface area contributed by atoms with E-state index in [1.807, 2.05) is 24.3 Å². The Labute approximate surface area is 138 Å². The lowest BCUT2D eigenvalue weighted by atomic mass is 10.2. The van der Waals surface area contributed by atoms with Gasteiger partial charge in [-0.15, -0.1) is 0 Å². The maximum atomic E-state index is 11.6. The second-order valence-electron chi connectivity index (χ2n) is 5.27. The Morgan fingerprint density at radius 2 is 2.13 bits per heavy atom. The molecule has 2 heterocycles. The van der Waals surface area contributed by atoms with Crippen LogP contribution in [0.2, 0.25) is 0 Å². The van der Waals surface area contributed by atoms with E-state index in [1.54, 1.807) is 12.5 Å². The topological polar surface area (TPSA) is 55.3 Å². The minimum Gasteiger partial charge on any atom is -0.375 e. The smallest absolute Gasteiger partial charge is 0.220 e. The van der Waals surface area contributed by atoms with Gasteiger partial charge in [0.05, 0.1) is 24.0 Å². The van der Waals surface area contributed by atoms with Gasteiger partial charge in [0.15, 0.2) is 0 Å². The number of hydrogen-bond donors (Lipinski definition) is 0. The fourth-order valence-corrected chi connectivity index (χ4v) is 2.82. The Kier molecular flexibility index (Phi) is 5.15. The summed E-state index contributed by atoms with van der Waals surface area (Å²) >= 11 is 0. The Morgan fingerprint density at radius 1 is 1.30 bits per heavy atom. The zero-order valence-corrected chi connectivity index (χ0v) is 13.8. The normalized spacial score (nSPS) is 14.6. The van der Waals surface area contributed by atoms with Gasteiger partial charge in [-0.2, -0.15) is 0 Å². The SMILES string of the molecule is CS(=O)c1ncc2c(n1)N(CCOCc1ccccc1)CC=C2. The molecule has 6 heteroatoms. The van der Waals surface area contributed by atoms with E-state index in [0.717, 1.165) is 30.0 Å². The lowest BCUT2D eigenvalue weighted by Gasteiger charge is -2.26. The quantitative estimate of drug-likeness (QED) is 0.601. The lowest BCUT2D eigenvalue weighted by Crippen LogP contribution is -2.31. The third kappa shape index (κ3) is 4.03. The standard InChI is InChI=1S/C17H19N3O2S/c1-23(21)17-18-12-15-8-5-9-20(16(15)19-17)10-11-22-13-14-6-3-2-4-7-14/h2-8,12H,9-11,13H2,1H3. The maximum absolute atomic E-state index is 11.6. The average molecular weight is 329 g/mol. The van der Waals surface area contributed by atoms with Gasteiger partial charge in [0.25, 0.3) is 0 Å². The Hall–Kier alpha value is -2.05. The van der Waals surface area contributed by atoms with Crippen LogP contribution in [0.3, 0.4) is 0 Å². The molecule has 23 heavy (non-hydrogen) atoms. The number of anilines is 1. The fraction of sp³-hybridized carbons (Fsp3) is 0.294. The van der Waals surface area contributed by atoms with E-state index in [-0.39, 0.29) is 0 Å². The molecule has 0 saturated heterocycles. The fourth-order valence-electron chi connectivity index (χ4n) is 2.41. The maximum Gasteiger partial charge on any atom is 0.220 e. The van der Waals surface area contributed by atoms with E-state index in [1.165, 1.54) is 0 Å². The summed E-state index contributed by atoms with van der Waals surface area (Å²) in [5.41, 5.74) is 2.12. The van der Waals surface area contributed by atoms with Gasteiger partial charge in [0, 0.05) is 31.1 Å². The van der Waals surface area contributed by atoms with Crippen molar-refractivity contribution in [1.29, 1.82) is 0 Å². The average Bonchev–Trinajstić information content (AvgIpc) is 2.59. The molecular weight excluding hydrogens is 310 g/mol. The summed E-state index contributed by atoms with van der Waals surface area (Å²) in [5.74, 6) is 0.830. The van der Waals surface area contributed by atoms with Crippen molar-refractivity contribution < 1.29 is 8.95 Å². The second-order valence-corrected chi connectivity index (χ2v) is 6.55. The van der Waals surface area contributed by atoms with Crippen LogP contribution in [-0.2, 0) is 22.1 Å². The van der Waals surface area contributed by atoms with Gasteiger partial charge < -0.3 is 9.64 Å². The van der Waals surface area contributed by atoms with Gasteiger partial charge in [-0.3, -0.25) is 4.21 Å². The van der Waals surface area contributed by atoms with E-state index < -0.39 is 10.8 Å². The van der Waals surface area contributed by atoms with Gasteiger partial charge in [0.1, 0.15) is 5.82 Å². The molecule has 1 aromatic heterocycles. The highest BCUT2D eigenvalue weighted by Crippen LogP contribution is 2.23. The predicted octanol–water partition coefficient (Wildman–Crippen LogP) is 2.26. The highest BCUT2D eigenvalue weighted by atomic mass is 32.2. The minimum atomic E-state index is -1.18. The highest BCUT2D eigenvalue weighted by Gasteiger charge is 2.17. The zero-order valence-electron chi connectivity index (χ0n) is 13.0. The molecule has 2 aromatic rings. The molecule has 1 atom stereocenters. The van der Waals surface area contributed by atoms with Gasteiger partial charge in [-0.1, -0.05) is 42.5 Å². The van der Waals surface area contributed by atoms with Crippen molar-refractivity contribution in [2.45, 2.75) is 11.8 Å². The number of nitrogens with zero attached hydrogens (tertiary/aromatic N) is 3. The van der Waals surface area contributed by atoms with Crippen LogP contribution in [-0.4, -0.2) is 40.1 Å². The van der Waals surface area contributed by atoms with Crippen LogP contribution in [0.5, 0.6) is 0 Å². The van der Waals surface area contributed by atoms with Crippen molar-refractivity contribution in [3.63, 3.8) is 0 Å². The van der Waals surface area contributed by atoms with Crippen LogP contribution in [0.1, 0.15) is 11.1 Å². The highest BCUT2D eigenvalue weighted by molar-refractivity contribution is 7.84. The molecule has 1 aromatic carbocycles. The van der Waals surface area contributed by atoms with Crippen molar-refractivity contribution in [2.75, 3.05) is 30.9 Å². The predicted molar refractivity (Wildman–Crippen MR) is 91.7 cm³/mol. The van der Waals surface area contributed by atoms with Crippen molar-refractivity contribution >= 4 is 22.7 Å². The summed E-state index contributed by atoms with van der Waals surface area (Å²) in [6.07, 6.45) is 7.39. The summed E-state index contributed by atoms with van der Waals surface area (Å²) in [4.78, 5) is 10.7. The van der Waals surface area contributed by atoms with Gasteiger partial charge in [0.2, 0.25) is 5.16 Å². The summed E-state index contributed by atoms with van der Waals surface area (Å²) in [6, 6.07) is 10.1. The van der Waals surface area contributed by atoms with Crippen LogP contribution >= 0.6 is 0 Å². The molecule has 0 saturated carbocycles. The molecule has 0 bridgehead atoms. The van der Waals surface area contributed by atoms with E-state index in [2.05, 4.69) is 33.1 Å². The Bertz CT molecular complexity index is 719. The molecule has 1 unspecified atom stereocenters. The molecular formula is C17H19N3O2S. The molecule has 1 aliphatic rings. The second kappa shape index (κ2) is 7.48. The zero-order chi connectivity index (χ0) is 16.1. The lowest BCUT2D eigenvalue weighted by molar-refractivity contribution is 0.127. The largest absolute Gasteiger partial charge is 0.375 e. The van der Waals surface area contributed by atoms with E-state index in [9.17, 15) is 4.21 Å². The molecule has 0 radical (unpaired) electrons. The first-order valence-corrected chi connectivity index (χ1v) is 9.03. The summed E-state index contributed by atoms with van der Waals surface area (Å²) in [5, 5.41) is 0.370. The molecule has 0 N–H and O–H groups in total. The van der Waals surface area contributed by atoms with Crippen LogP contribution in [0.25, 0.3) is 6.08 Å². The third-order valence-corrected chi connectivity index (χ3v) is 4.28. The van der Waals surface area contributed by atoms with Crippen LogP contribution in [0, 0.1) is 0 Å². The number of rotatable bonds is 6. The molecule has 120 valence electrons. The first kappa shape index (κ1) is 15.8. The van der Waals surface area contributed by atoms with Gasteiger partial charge in [-0.05, 0) is 5.56 Å². The Balaban J connectivity index is 1.60. The molecule has 5 nitrogen and oxygen atoms in total. The molecule has 0 amide bonds. The van der Waals surface area contributed by atoms with Crippen LogP contribution < -0.4 is 4.90 Å². The minimum absolute atomic E-state index is 0.370. The number of ether oxygens (including phenoxy) is 1. The van der Waals surface area contributed by atoms with Crippen molar-refractivity contribution in [3.05, 3.63) is 53.7 Å². The molecule has 0 fully saturated rings. The van der Waals surface area contributed by atoms with Crippen molar-refractivity contribution in [2.24, 2.45) is 0 Å². The molecule has 3 rings (SSSR count). The molecule has 0 aliphatic carbocycles. The number of fused-ring (bicyclic) bond motifs is 1. The van der Waals surface area contributed by atoms with Gasteiger partial charge in [-0.25, -0.2) is 9.97 Å². The van der Waals surface area contributed by atoms with E-state index in [4.69, 9.17) is 4.74 Å². The monoisotopic (exact) mass is 329 g/mol. The first-order valence-electron chi connectivity index (χ1n) is 7.47. The third-order valence-electron chi connectivity index (χ3n) is 3.57. The first-order chi connectivity index (χ1) is 11.2. The summed E-state index contributed by atoms with van der Waals surface area (Å²) in [6.45, 7) is 2.72. The molecule has 0 spiro atoms. The number of hydrogen-bond acceptors (Lipinski definition) is 5. The van der Waals surface area contributed by atoms with Crippen LogP contribution in [0.4, 0.5) is 5.82 Å². The van der Waals surface area contributed by atoms with Crippen molar-refractivity contribution in [1.82, 2.24) is 9.97 Å². The number of aromatic nitrogens is 2.